The van der Waals surface area contributed by atoms with Gasteiger partial charge in [-0.25, -0.2) is 5.43 Å². The molecule has 0 radical (unpaired) electrons. The molecule has 4 N–H and O–H groups in total. The van der Waals surface area contributed by atoms with E-state index in [1.165, 1.54) is 0 Å². The lowest BCUT2D eigenvalue weighted by Crippen LogP contribution is -2.28. The standard InChI is InChI=1S/C7H10N4O/c8-7(12)5-1-4-2-10-11-6(4)3-9-5/h3-4,10-11H,1-2H2,(H2,8,12). The zero-order chi connectivity index (χ0) is 8.55. The third-order valence-corrected chi connectivity index (χ3v) is 2.10. The number of nitrogens with two attached hydrogens (primary N) is 1. The van der Waals surface area contributed by atoms with Crippen molar-refractivity contribution in [3.63, 3.8) is 0 Å². The molecule has 1 saturated heterocycles. The molecule has 5 nitrogen and oxygen atoms in total. The summed E-state index contributed by atoms with van der Waals surface area (Å²) in [7, 11) is 0. The van der Waals surface area contributed by atoms with Crippen LogP contribution in [0.2, 0.25) is 0 Å². The average molecular weight is 166 g/mol. The first-order valence-electron chi connectivity index (χ1n) is 3.83. The Balaban J connectivity index is 2.20. The van der Waals surface area contributed by atoms with E-state index in [4.69, 9.17) is 5.73 Å². The molecule has 0 spiro atoms. The van der Waals surface area contributed by atoms with E-state index in [0.717, 1.165) is 12.2 Å². The molecule has 2 rings (SSSR count). The van der Waals surface area contributed by atoms with Gasteiger partial charge in [-0.3, -0.25) is 9.79 Å². The van der Waals surface area contributed by atoms with Gasteiger partial charge in [-0.2, -0.15) is 0 Å². The quantitative estimate of drug-likeness (QED) is 0.461. The van der Waals surface area contributed by atoms with Gasteiger partial charge in [0.2, 0.25) is 0 Å². The molecule has 0 aromatic rings. The zero-order valence-electron chi connectivity index (χ0n) is 6.50. The monoisotopic (exact) mass is 166 g/mol. The Bertz CT molecular complexity index is 281. The molecule has 12 heavy (non-hydrogen) atoms. The third-order valence-electron chi connectivity index (χ3n) is 2.10. The van der Waals surface area contributed by atoms with E-state index in [-0.39, 0.29) is 0 Å². The van der Waals surface area contributed by atoms with Crippen LogP contribution < -0.4 is 16.6 Å². The summed E-state index contributed by atoms with van der Waals surface area (Å²) in [6.07, 6.45) is 2.30. The fourth-order valence-corrected chi connectivity index (χ4v) is 1.41. The van der Waals surface area contributed by atoms with E-state index in [1.807, 2.05) is 0 Å². The Kier molecular flexibility index (Phi) is 1.58. The van der Waals surface area contributed by atoms with Crippen LogP contribution in [0.15, 0.2) is 16.9 Å². The lowest BCUT2D eigenvalue weighted by molar-refractivity contribution is -0.112. The molecule has 1 amide bonds. The first-order chi connectivity index (χ1) is 5.77. The summed E-state index contributed by atoms with van der Waals surface area (Å²) in [5.74, 6) is -0.0813. The Morgan fingerprint density at radius 2 is 2.58 bits per heavy atom. The first kappa shape index (κ1) is 7.30. The van der Waals surface area contributed by atoms with Crippen LogP contribution >= 0.6 is 0 Å². The number of amides is 1. The fraction of sp³-hybridized carbons (Fsp3) is 0.429. The van der Waals surface area contributed by atoms with Gasteiger partial charge in [0, 0.05) is 30.8 Å². The number of carbonyl (C=O) groups excluding carboxylic acids is 1. The molecular weight excluding hydrogens is 156 g/mol. The maximum Gasteiger partial charge on any atom is 0.263 e. The van der Waals surface area contributed by atoms with Crippen LogP contribution in [0.25, 0.3) is 0 Å². The van der Waals surface area contributed by atoms with Gasteiger partial charge in [-0.1, -0.05) is 0 Å². The number of primary amides is 1. The number of hydrogen-bond acceptors (Lipinski definition) is 4. The number of hydrogen-bond donors (Lipinski definition) is 3. The minimum atomic E-state index is -0.419. The van der Waals surface area contributed by atoms with Crippen molar-refractivity contribution in [2.45, 2.75) is 6.42 Å². The van der Waals surface area contributed by atoms with Gasteiger partial charge in [-0.15, -0.1) is 0 Å². The molecule has 1 atom stereocenters. The van der Waals surface area contributed by atoms with Gasteiger partial charge >= 0.3 is 0 Å². The average Bonchev–Trinajstić information content (AvgIpc) is 2.49. The maximum atomic E-state index is 10.8. The number of nitrogens with one attached hydrogen (secondary N) is 2. The summed E-state index contributed by atoms with van der Waals surface area (Å²) in [5.41, 5.74) is 12.6. The highest BCUT2D eigenvalue weighted by molar-refractivity contribution is 6.38. The number of nitrogens with zero attached hydrogens (tertiary/aromatic N) is 1. The van der Waals surface area contributed by atoms with Gasteiger partial charge in [0.1, 0.15) is 5.71 Å². The van der Waals surface area contributed by atoms with Crippen LogP contribution in [0, 0.1) is 5.92 Å². The van der Waals surface area contributed by atoms with E-state index in [1.54, 1.807) is 6.20 Å². The molecule has 2 aliphatic rings. The van der Waals surface area contributed by atoms with E-state index >= 15 is 0 Å². The lowest BCUT2D eigenvalue weighted by atomic mass is 9.98. The van der Waals surface area contributed by atoms with Crippen LogP contribution in [0.5, 0.6) is 0 Å². The molecule has 0 bridgehead atoms. The van der Waals surface area contributed by atoms with Gasteiger partial charge < -0.3 is 11.2 Å². The van der Waals surface area contributed by atoms with Crippen LogP contribution in [0.3, 0.4) is 0 Å². The first-order valence-corrected chi connectivity index (χ1v) is 3.83. The van der Waals surface area contributed by atoms with Crippen molar-refractivity contribution in [2.24, 2.45) is 16.6 Å². The van der Waals surface area contributed by atoms with Gasteiger partial charge in [-0.05, 0) is 0 Å². The molecule has 0 saturated carbocycles. The van der Waals surface area contributed by atoms with E-state index in [9.17, 15) is 4.79 Å². The summed E-state index contributed by atoms with van der Waals surface area (Å²) in [6, 6.07) is 0. The summed E-state index contributed by atoms with van der Waals surface area (Å²) >= 11 is 0. The maximum absolute atomic E-state index is 10.8. The molecule has 1 unspecified atom stereocenters. The lowest BCUT2D eigenvalue weighted by Gasteiger charge is -2.13. The predicted octanol–water partition coefficient (Wildman–Crippen LogP) is -1.12. The minimum Gasteiger partial charge on any atom is -0.365 e. The van der Waals surface area contributed by atoms with Crippen LogP contribution in [-0.2, 0) is 4.79 Å². The van der Waals surface area contributed by atoms with E-state index in [2.05, 4.69) is 15.8 Å². The highest BCUT2D eigenvalue weighted by Crippen LogP contribution is 2.20. The third kappa shape index (κ3) is 1.08. The van der Waals surface area contributed by atoms with Crippen molar-refractivity contribution in [3.8, 4) is 0 Å². The summed E-state index contributed by atoms with van der Waals surface area (Å²) in [5, 5.41) is 0. The number of rotatable bonds is 1. The van der Waals surface area contributed by atoms with Crippen LogP contribution in [0.1, 0.15) is 6.42 Å². The van der Waals surface area contributed by atoms with Gasteiger partial charge in [0.05, 0.1) is 0 Å². The molecule has 0 aliphatic carbocycles. The summed E-state index contributed by atoms with van der Waals surface area (Å²) < 4.78 is 0. The molecular formula is C7H10N4O. The number of aliphatic imine (C=N–C) groups is 1. The van der Waals surface area contributed by atoms with Crippen LogP contribution in [-0.4, -0.2) is 18.2 Å². The molecule has 5 heteroatoms. The molecule has 0 aromatic heterocycles. The van der Waals surface area contributed by atoms with Gasteiger partial charge in [0.25, 0.3) is 5.91 Å². The SMILES string of the molecule is NC(=O)C1=NC=C2NNCC2C1. The Morgan fingerprint density at radius 3 is 3.33 bits per heavy atom. The smallest absolute Gasteiger partial charge is 0.263 e. The summed E-state index contributed by atoms with van der Waals surface area (Å²) in [6.45, 7) is 0.831. The molecule has 2 aliphatic heterocycles. The Labute approximate surface area is 69.7 Å². The van der Waals surface area contributed by atoms with Crippen molar-refractivity contribution < 1.29 is 4.79 Å². The van der Waals surface area contributed by atoms with Crippen LogP contribution in [0.4, 0.5) is 0 Å². The molecule has 64 valence electrons. The highest BCUT2D eigenvalue weighted by atomic mass is 16.1. The van der Waals surface area contributed by atoms with Crippen molar-refractivity contribution in [3.05, 3.63) is 11.9 Å². The zero-order valence-corrected chi connectivity index (χ0v) is 6.50. The Hall–Kier alpha value is -1.36. The number of fused-ring (bicyclic) bond motifs is 1. The predicted molar refractivity (Wildman–Crippen MR) is 44.0 cm³/mol. The second kappa shape index (κ2) is 2.60. The topological polar surface area (TPSA) is 79.5 Å². The second-order valence-electron chi connectivity index (χ2n) is 2.93. The van der Waals surface area contributed by atoms with E-state index < -0.39 is 5.91 Å². The minimum absolute atomic E-state index is 0.338. The number of hydrazine groups is 1. The number of carbonyl (C=O) groups is 1. The normalized spacial score (nSPS) is 26.8. The fourth-order valence-electron chi connectivity index (χ4n) is 1.41. The van der Waals surface area contributed by atoms with Crippen molar-refractivity contribution in [1.29, 1.82) is 0 Å². The van der Waals surface area contributed by atoms with E-state index in [0.29, 0.717) is 18.1 Å². The Morgan fingerprint density at radius 1 is 1.75 bits per heavy atom. The largest absolute Gasteiger partial charge is 0.365 e. The molecule has 2 heterocycles. The summed E-state index contributed by atoms with van der Waals surface area (Å²) in [4.78, 5) is 14.7. The van der Waals surface area contributed by atoms with Crippen molar-refractivity contribution in [1.82, 2.24) is 10.9 Å². The van der Waals surface area contributed by atoms with Crippen molar-refractivity contribution in [2.75, 3.05) is 6.54 Å². The second-order valence-corrected chi connectivity index (χ2v) is 2.93. The highest BCUT2D eigenvalue weighted by Gasteiger charge is 2.26. The van der Waals surface area contributed by atoms with Gasteiger partial charge in [0.15, 0.2) is 0 Å². The molecule has 0 aromatic carbocycles. The van der Waals surface area contributed by atoms with Crippen molar-refractivity contribution >= 4 is 11.6 Å². The molecule has 1 fully saturated rings.